The van der Waals surface area contributed by atoms with Gasteiger partial charge < -0.3 is 10.1 Å². The molecule has 1 aliphatic carbocycles. The first-order chi connectivity index (χ1) is 15.3. The third kappa shape index (κ3) is 4.59. The molecule has 0 unspecified atom stereocenters. The number of fused-ring (bicyclic) bond motifs is 2. The van der Waals surface area contributed by atoms with Gasteiger partial charge in [0.2, 0.25) is 5.91 Å². The number of thioether (sulfide) groups is 1. The summed E-state index contributed by atoms with van der Waals surface area (Å²) in [5, 5.41) is 4.46. The van der Waals surface area contributed by atoms with Crippen molar-refractivity contribution in [1.29, 1.82) is 0 Å². The molecule has 3 aromatic rings. The number of amides is 1. The van der Waals surface area contributed by atoms with E-state index in [1.165, 1.54) is 27.7 Å². The van der Waals surface area contributed by atoms with Crippen molar-refractivity contribution in [3.63, 3.8) is 0 Å². The smallest absolute Gasteiger partial charge is 0.341 e. The van der Waals surface area contributed by atoms with Crippen molar-refractivity contribution in [2.45, 2.75) is 50.8 Å². The summed E-state index contributed by atoms with van der Waals surface area (Å²) in [6.07, 6.45) is 3.60. The highest BCUT2D eigenvalue weighted by atomic mass is 32.2. The highest BCUT2D eigenvalue weighted by molar-refractivity contribution is 7.99. The van der Waals surface area contributed by atoms with Crippen LogP contribution in [0.3, 0.4) is 0 Å². The fraction of sp³-hybridized carbons (Fsp3) is 0.391. The van der Waals surface area contributed by atoms with Crippen LogP contribution in [0.5, 0.6) is 0 Å². The molecule has 0 atom stereocenters. The van der Waals surface area contributed by atoms with Crippen LogP contribution in [0.1, 0.15) is 47.5 Å². The number of aryl methyl sites for hydroxylation is 1. The van der Waals surface area contributed by atoms with E-state index in [4.69, 9.17) is 4.74 Å². The van der Waals surface area contributed by atoms with Gasteiger partial charge in [0, 0.05) is 11.9 Å². The number of anilines is 1. The summed E-state index contributed by atoms with van der Waals surface area (Å²) >= 11 is 2.65. The number of carbonyl (C=O) groups excluding carboxylic acids is 2. The Kier molecular flexibility index (Phi) is 6.66. The van der Waals surface area contributed by atoms with Gasteiger partial charge in [-0.15, -0.1) is 11.3 Å². The second-order valence-corrected chi connectivity index (χ2v) is 10.0. The number of ether oxygens (including phenoxy) is 1. The molecule has 0 fully saturated rings. The van der Waals surface area contributed by atoms with Crippen molar-refractivity contribution in [2.24, 2.45) is 7.05 Å². The number of nitrogens with zero attached hydrogens (tertiary/aromatic N) is 2. The maximum absolute atomic E-state index is 12.8. The van der Waals surface area contributed by atoms with E-state index in [-0.39, 0.29) is 29.3 Å². The van der Waals surface area contributed by atoms with Crippen molar-refractivity contribution in [1.82, 2.24) is 9.55 Å². The Bertz CT molecular complexity index is 1250. The summed E-state index contributed by atoms with van der Waals surface area (Å²) in [4.78, 5) is 43.8. The Balaban J connectivity index is 1.53. The number of benzene rings is 1. The highest BCUT2D eigenvalue weighted by Gasteiger charge is 2.28. The standard InChI is InChI=1S/C23H25N3O4S2/c1-13(2)30-22(29)19-15-9-5-7-11-17(15)32-20(19)25-18(27)12-31-23-24-16-10-6-4-8-14(16)21(28)26(23)3/h4,6,8,10,13H,5,7,9,11-12H2,1-3H3,(H,25,27). The molecule has 1 N–H and O–H groups in total. The number of hydrogen-bond acceptors (Lipinski definition) is 7. The summed E-state index contributed by atoms with van der Waals surface area (Å²) < 4.78 is 6.90. The van der Waals surface area contributed by atoms with Gasteiger partial charge in [-0.05, 0) is 57.2 Å². The minimum absolute atomic E-state index is 0.0693. The molecule has 9 heteroatoms. The Labute approximate surface area is 194 Å². The molecular formula is C23H25N3O4S2. The van der Waals surface area contributed by atoms with Gasteiger partial charge in [0.25, 0.3) is 5.56 Å². The molecular weight excluding hydrogens is 446 g/mol. The first-order valence-corrected chi connectivity index (χ1v) is 12.4. The van der Waals surface area contributed by atoms with Gasteiger partial charge in [0.05, 0.1) is 28.3 Å². The van der Waals surface area contributed by atoms with Crippen molar-refractivity contribution >= 4 is 50.9 Å². The van der Waals surface area contributed by atoms with E-state index in [0.717, 1.165) is 36.1 Å². The number of hydrogen-bond donors (Lipinski definition) is 1. The molecule has 2 aromatic heterocycles. The number of carbonyl (C=O) groups is 2. The van der Waals surface area contributed by atoms with Crippen molar-refractivity contribution in [3.8, 4) is 0 Å². The molecule has 1 aliphatic rings. The monoisotopic (exact) mass is 471 g/mol. The predicted octanol–water partition coefficient (Wildman–Crippen LogP) is 4.17. The molecule has 0 radical (unpaired) electrons. The predicted molar refractivity (Wildman–Crippen MR) is 128 cm³/mol. The van der Waals surface area contributed by atoms with E-state index >= 15 is 0 Å². The van der Waals surface area contributed by atoms with Crippen LogP contribution in [0.15, 0.2) is 34.2 Å². The summed E-state index contributed by atoms with van der Waals surface area (Å²) in [7, 11) is 1.65. The number of aromatic nitrogens is 2. The average Bonchev–Trinajstić information content (AvgIpc) is 3.12. The second-order valence-electron chi connectivity index (χ2n) is 7.98. The van der Waals surface area contributed by atoms with E-state index in [1.54, 1.807) is 25.2 Å². The zero-order valence-electron chi connectivity index (χ0n) is 18.3. The van der Waals surface area contributed by atoms with Gasteiger partial charge in [-0.2, -0.15) is 0 Å². The van der Waals surface area contributed by atoms with Crippen LogP contribution < -0.4 is 10.9 Å². The van der Waals surface area contributed by atoms with Crippen LogP contribution in [0.4, 0.5) is 5.00 Å². The molecule has 7 nitrogen and oxygen atoms in total. The maximum Gasteiger partial charge on any atom is 0.341 e. The van der Waals surface area contributed by atoms with Crippen molar-refractivity contribution in [3.05, 3.63) is 50.6 Å². The Morgan fingerprint density at radius 1 is 1.25 bits per heavy atom. The summed E-state index contributed by atoms with van der Waals surface area (Å²) in [6.45, 7) is 3.62. The lowest BCUT2D eigenvalue weighted by atomic mass is 9.95. The third-order valence-electron chi connectivity index (χ3n) is 5.25. The average molecular weight is 472 g/mol. The molecule has 1 aromatic carbocycles. The second kappa shape index (κ2) is 9.46. The van der Waals surface area contributed by atoms with Crippen LogP contribution in [0.2, 0.25) is 0 Å². The summed E-state index contributed by atoms with van der Waals surface area (Å²) in [5.74, 6) is -0.574. The zero-order valence-corrected chi connectivity index (χ0v) is 19.9. The Morgan fingerprint density at radius 2 is 2.00 bits per heavy atom. The lowest BCUT2D eigenvalue weighted by Gasteiger charge is -2.14. The fourth-order valence-corrected chi connectivity index (χ4v) is 5.83. The van der Waals surface area contributed by atoms with E-state index in [9.17, 15) is 14.4 Å². The number of nitrogens with one attached hydrogen (secondary N) is 1. The Hall–Kier alpha value is -2.65. The molecule has 0 saturated heterocycles. The molecule has 4 rings (SSSR count). The third-order valence-corrected chi connectivity index (χ3v) is 7.48. The van der Waals surface area contributed by atoms with Crippen LogP contribution in [-0.2, 0) is 29.4 Å². The lowest BCUT2D eigenvalue weighted by molar-refractivity contribution is -0.113. The van der Waals surface area contributed by atoms with E-state index in [1.807, 2.05) is 19.9 Å². The molecule has 2 heterocycles. The quantitative estimate of drug-likeness (QED) is 0.330. The molecule has 168 valence electrons. The highest BCUT2D eigenvalue weighted by Crippen LogP contribution is 2.39. The molecule has 0 aliphatic heterocycles. The number of esters is 1. The molecule has 0 spiro atoms. The minimum atomic E-state index is -0.388. The molecule has 1 amide bonds. The normalized spacial score (nSPS) is 13.2. The SMILES string of the molecule is CC(C)OC(=O)c1c(NC(=O)CSc2nc3ccccc3c(=O)n2C)sc2c1CCCC2. The largest absolute Gasteiger partial charge is 0.459 e. The molecule has 0 saturated carbocycles. The minimum Gasteiger partial charge on any atom is -0.459 e. The van der Waals surface area contributed by atoms with Gasteiger partial charge in [0.15, 0.2) is 5.16 Å². The van der Waals surface area contributed by atoms with E-state index in [2.05, 4.69) is 10.3 Å². The maximum atomic E-state index is 12.8. The Morgan fingerprint density at radius 3 is 2.78 bits per heavy atom. The molecule has 0 bridgehead atoms. The van der Waals surface area contributed by atoms with Crippen molar-refractivity contribution < 1.29 is 14.3 Å². The first kappa shape index (κ1) is 22.5. The van der Waals surface area contributed by atoms with Crippen LogP contribution >= 0.6 is 23.1 Å². The number of para-hydroxylation sites is 1. The van der Waals surface area contributed by atoms with Crippen LogP contribution in [0.25, 0.3) is 10.9 Å². The summed E-state index contributed by atoms with van der Waals surface area (Å²) in [6, 6.07) is 7.15. The van der Waals surface area contributed by atoms with E-state index in [0.29, 0.717) is 26.6 Å². The van der Waals surface area contributed by atoms with Gasteiger partial charge in [-0.1, -0.05) is 23.9 Å². The number of rotatable bonds is 6. The van der Waals surface area contributed by atoms with E-state index < -0.39 is 0 Å². The number of thiophene rings is 1. The fourth-order valence-electron chi connectivity index (χ4n) is 3.76. The first-order valence-electron chi connectivity index (χ1n) is 10.6. The summed E-state index contributed by atoms with van der Waals surface area (Å²) in [5.41, 5.74) is 1.95. The van der Waals surface area contributed by atoms with Crippen molar-refractivity contribution in [2.75, 3.05) is 11.1 Å². The van der Waals surface area contributed by atoms with Gasteiger partial charge in [-0.3, -0.25) is 14.2 Å². The van der Waals surface area contributed by atoms with Gasteiger partial charge in [0.1, 0.15) is 5.00 Å². The zero-order chi connectivity index (χ0) is 22.8. The van der Waals surface area contributed by atoms with Gasteiger partial charge >= 0.3 is 5.97 Å². The van der Waals surface area contributed by atoms with Gasteiger partial charge in [-0.25, -0.2) is 9.78 Å². The topological polar surface area (TPSA) is 90.3 Å². The molecule has 32 heavy (non-hydrogen) atoms. The van der Waals surface area contributed by atoms with Crippen LogP contribution in [-0.4, -0.2) is 33.3 Å². The lowest BCUT2D eigenvalue weighted by Crippen LogP contribution is -2.22. The van der Waals surface area contributed by atoms with Crippen LogP contribution in [0, 0.1) is 0 Å².